The molecule has 1 nitrogen and oxygen atoms in total. The molecule has 0 aromatic carbocycles. The maximum atomic E-state index is 4.95. The van der Waals surface area contributed by atoms with Crippen molar-refractivity contribution < 1.29 is 0 Å². The van der Waals surface area contributed by atoms with Gasteiger partial charge in [0.1, 0.15) is 0 Å². The summed E-state index contributed by atoms with van der Waals surface area (Å²) in [6.45, 7) is 3.06. The van der Waals surface area contributed by atoms with Gasteiger partial charge in [-0.15, -0.1) is 0 Å². The van der Waals surface area contributed by atoms with Crippen LogP contribution >= 0.6 is 129 Å². The van der Waals surface area contributed by atoms with Crippen molar-refractivity contribution in [1.82, 2.24) is 5.32 Å². The molecular formula is C9H17I8NS. The van der Waals surface area contributed by atoms with Crippen LogP contribution in [0.25, 0.3) is 0 Å². The van der Waals surface area contributed by atoms with E-state index in [1.165, 1.54) is 32.1 Å². The van der Waals surface area contributed by atoms with Crippen LogP contribution in [-0.4, -0.2) is 11.5 Å². The maximum absolute atomic E-state index is 4.95. The summed E-state index contributed by atoms with van der Waals surface area (Å²) in [5.74, 6) is 0.890. The minimum absolute atomic E-state index is 0.275. The third kappa shape index (κ3) is 15.7. The molecular weight excluding hydrogens is 1170 g/mol. The second-order valence-corrected chi connectivity index (χ2v) is 151. The van der Waals surface area contributed by atoms with E-state index in [0.29, 0.717) is 0 Å². The molecule has 0 atom stereocenters. The second-order valence-electron chi connectivity index (χ2n) is 3.93. The van der Waals surface area contributed by atoms with Crippen molar-refractivity contribution in [1.29, 1.82) is 0 Å². The molecule has 0 bridgehead atoms. The number of thiocarbonyl (C=S) groups is 1. The van der Waals surface area contributed by atoms with Gasteiger partial charge in [-0.1, -0.05) is 31.5 Å². The number of halogens is 8. The van der Waals surface area contributed by atoms with Gasteiger partial charge in [0.2, 0.25) is 0 Å². The Morgan fingerprint density at radius 1 is 1.05 bits per heavy atom. The van der Waals surface area contributed by atoms with Gasteiger partial charge in [0.05, 0.1) is 4.99 Å². The molecule has 1 fully saturated rings. The van der Waals surface area contributed by atoms with E-state index in [1.54, 1.807) is 0 Å². The number of rotatable bonds is 4. The van der Waals surface area contributed by atoms with Gasteiger partial charge in [-0.25, -0.2) is 0 Å². The summed E-state index contributed by atoms with van der Waals surface area (Å²) in [6, 6.07) is 0. The Bertz CT molecular complexity index is 238. The van der Waals surface area contributed by atoms with Crippen LogP contribution in [0.1, 0.15) is 39.0 Å². The van der Waals surface area contributed by atoms with Gasteiger partial charge in [-0.05, 0) is 25.7 Å². The number of hydrogen-bond acceptors (Lipinski definition) is 1. The first-order valence-electron chi connectivity index (χ1n) is 5.53. The van der Waals surface area contributed by atoms with Crippen LogP contribution in [0.3, 0.4) is 0 Å². The Kier molecular flexibility index (Phi) is 20.8. The van der Waals surface area contributed by atoms with E-state index in [-0.39, 0.29) is 23.7 Å². The molecule has 0 radical (unpaired) electrons. The van der Waals surface area contributed by atoms with Crippen molar-refractivity contribution >= 4 is 134 Å². The first kappa shape index (κ1) is 24.7. The van der Waals surface area contributed by atoms with Crippen molar-refractivity contribution in [3.63, 3.8) is 0 Å². The zero-order valence-corrected chi connectivity index (χ0v) is 28.3. The van der Waals surface area contributed by atoms with Crippen LogP contribution in [-0.2, 0) is 0 Å². The quantitative estimate of drug-likeness (QED) is 0.223. The molecule has 1 aliphatic carbocycles. The average molecular weight is 1190 g/mol. The van der Waals surface area contributed by atoms with E-state index in [0.717, 1.165) is 17.5 Å². The summed E-state index contributed by atoms with van der Waals surface area (Å²) >= 11 is 18.6. The van der Waals surface area contributed by atoms with Crippen molar-refractivity contribution in [3.05, 3.63) is 0 Å². The molecule has 0 aliphatic heterocycles. The van der Waals surface area contributed by atoms with Crippen LogP contribution in [0.5, 0.6) is 0 Å². The molecule has 10 heteroatoms. The van der Waals surface area contributed by atoms with Crippen molar-refractivity contribution in [2.45, 2.75) is 39.0 Å². The van der Waals surface area contributed by atoms with Gasteiger partial charge < -0.3 is 5.32 Å². The predicted octanol–water partition coefficient (Wildman–Crippen LogP) is 9.59. The van der Waals surface area contributed by atoms with E-state index in [9.17, 15) is 0 Å². The normalized spacial score (nSPS) is 17.9. The monoisotopic (exact) mass is 1190 g/mol. The Hall–Kier alpha value is 5.73. The van der Waals surface area contributed by atoms with Crippen LogP contribution < -0.4 is 5.32 Å². The fourth-order valence-corrected chi connectivity index (χ4v) is 421. The first-order chi connectivity index (χ1) is 8.84. The second kappa shape index (κ2) is 15.9. The molecule has 0 aromatic rings. The molecule has 1 rings (SSSR count). The molecule has 120 valence electrons. The van der Waals surface area contributed by atoms with Crippen LogP contribution in [0.15, 0.2) is 0 Å². The molecule has 0 unspecified atom stereocenters. The van der Waals surface area contributed by atoms with Gasteiger partial charge in [0, 0.05) is 6.54 Å². The van der Waals surface area contributed by atoms with E-state index < -0.39 is 0 Å². The average Bonchev–Trinajstić information content (AvgIpc) is 2.37. The summed E-state index contributed by atoms with van der Waals surface area (Å²) in [5.41, 5.74) is 0. The molecule has 19 heavy (non-hydrogen) atoms. The molecule has 0 heterocycles. The molecule has 0 spiro atoms. The molecule has 1 saturated carbocycles. The number of nitrogens with one attached hydrogen (secondary N) is 1. The molecule has 0 aromatic heterocycles. The summed E-state index contributed by atoms with van der Waals surface area (Å²) in [6.07, 6.45) is 7.07. The summed E-state index contributed by atoms with van der Waals surface area (Å²) in [7, 11) is -0.942. The SMILES string of the molecule is CC(=S)NCC1CCCCC1.II(I)I(I)I(I)I. The van der Waals surface area contributed by atoms with Crippen LogP contribution in [0.2, 0.25) is 0 Å². The third-order valence-corrected chi connectivity index (χ3v) is 333. The van der Waals surface area contributed by atoms with E-state index in [1.807, 2.05) is 6.92 Å². The number of hydrogen-bond donors (Lipinski definition) is 1. The van der Waals surface area contributed by atoms with E-state index in [4.69, 9.17) is 12.2 Å². The molecule has 1 aliphatic rings. The zero-order valence-electron chi connectivity index (χ0n) is 10.3. The fraction of sp³-hybridized carbons (Fsp3) is 0.889. The van der Waals surface area contributed by atoms with Gasteiger partial charge in [0.25, 0.3) is 0 Å². The van der Waals surface area contributed by atoms with E-state index in [2.05, 4.69) is 98.4 Å². The van der Waals surface area contributed by atoms with Gasteiger partial charge in [0.15, 0.2) is 0 Å². The summed E-state index contributed by atoms with van der Waals surface area (Å²) in [4.78, 5) is 0.940. The van der Waals surface area contributed by atoms with E-state index >= 15 is 0 Å². The van der Waals surface area contributed by atoms with Gasteiger partial charge in [-0.3, -0.25) is 0 Å². The Morgan fingerprint density at radius 2 is 1.53 bits per heavy atom. The minimum atomic E-state index is -0.334. The Balaban J connectivity index is 0.000000362. The summed E-state index contributed by atoms with van der Waals surface area (Å²) < 4.78 is 0. The summed E-state index contributed by atoms with van der Waals surface area (Å²) in [5, 5.41) is 3.25. The van der Waals surface area contributed by atoms with Gasteiger partial charge in [-0.2, -0.15) is 0 Å². The van der Waals surface area contributed by atoms with Gasteiger partial charge >= 0.3 is 117 Å². The fourth-order valence-electron chi connectivity index (χ4n) is 1.71. The molecule has 0 saturated heterocycles. The standard InChI is InChI=1S/C9H17NS.I8/c1-8(11)10-7-9-5-3-2-4-6-9;1-6(2)8(5)7(3)4/h9H,2-7H2,1H3,(H,10,11);. The Morgan fingerprint density at radius 3 is 1.84 bits per heavy atom. The van der Waals surface area contributed by atoms with Crippen molar-refractivity contribution in [3.8, 4) is 0 Å². The topological polar surface area (TPSA) is 12.0 Å². The van der Waals surface area contributed by atoms with Crippen LogP contribution in [0, 0.1) is 5.92 Å². The van der Waals surface area contributed by atoms with Crippen molar-refractivity contribution in [2.75, 3.05) is 6.54 Å². The van der Waals surface area contributed by atoms with Crippen LogP contribution in [0.4, 0.5) is 0 Å². The zero-order chi connectivity index (χ0) is 14.8. The predicted molar refractivity (Wildman–Crippen MR) is 165 cm³/mol. The third-order valence-electron chi connectivity index (χ3n) is 2.53. The Labute approximate surface area is 185 Å². The first-order valence-corrected chi connectivity index (χ1v) is 49.9. The van der Waals surface area contributed by atoms with Crippen molar-refractivity contribution in [2.24, 2.45) is 5.92 Å². The molecule has 0 amide bonds. The molecule has 1 N–H and O–H groups in total.